The van der Waals surface area contributed by atoms with E-state index in [0.717, 1.165) is 5.56 Å². The van der Waals surface area contributed by atoms with E-state index in [9.17, 15) is 0 Å². The third kappa shape index (κ3) is 4.54. The first kappa shape index (κ1) is 14.3. The van der Waals surface area contributed by atoms with Crippen LogP contribution in [-0.4, -0.2) is 12.1 Å². The molecule has 0 saturated heterocycles. The molecule has 1 aromatic carbocycles. The maximum absolute atomic E-state index is 6.11. The number of nitrogens with two attached hydrogens (primary N) is 2. The van der Waals surface area contributed by atoms with Crippen molar-refractivity contribution in [2.45, 2.75) is 38.8 Å². The summed E-state index contributed by atoms with van der Waals surface area (Å²) < 4.78 is 5.37. The molecule has 0 saturated carbocycles. The van der Waals surface area contributed by atoms with Gasteiger partial charge in [-0.25, -0.2) is 0 Å². The van der Waals surface area contributed by atoms with Crippen molar-refractivity contribution in [1.82, 2.24) is 0 Å². The van der Waals surface area contributed by atoms with E-state index in [1.165, 1.54) is 0 Å². The van der Waals surface area contributed by atoms with Gasteiger partial charge in [0.1, 0.15) is 5.75 Å². The van der Waals surface area contributed by atoms with Crippen molar-refractivity contribution in [2.24, 2.45) is 11.5 Å². The molecular formula is C13H21ClN2O. The zero-order valence-electron chi connectivity index (χ0n) is 10.7. The highest BCUT2D eigenvalue weighted by Crippen LogP contribution is 2.29. The number of rotatable bonds is 5. The van der Waals surface area contributed by atoms with Crippen LogP contribution in [-0.2, 0) is 0 Å². The summed E-state index contributed by atoms with van der Waals surface area (Å²) in [5.41, 5.74) is 12.7. The molecule has 17 heavy (non-hydrogen) atoms. The van der Waals surface area contributed by atoms with E-state index in [0.29, 0.717) is 23.8 Å². The highest BCUT2D eigenvalue weighted by Gasteiger charge is 2.18. The molecule has 0 amide bonds. The third-order valence-corrected chi connectivity index (χ3v) is 2.73. The topological polar surface area (TPSA) is 61.3 Å². The zero-order chi connectivity index (χ0) is 13.1. The van der Waals surface area contributed by atoms with Gasteiger partial charge in [0.25, 0.3) is 0 Å². The summed E-state index contributed by atoms with van der Waals surface area (Å²) in [5, 5.41) is 0.592. The summed E-state index contributed by atoms with van der Waals surface area (Å²) in [5.74, 6) is 0.692. The quantitative estimate of drug-likeness (QED) is 0.852. The molecule has 0 aliphatic heterocycles. The van der Waals surface area contributed by atoms with Gasteiger partial charge in [0, 0.05) is 11.6 Å². The molecule has 0 bridgehead atoms. The van der Waals surface area contributed by atoms with E-state index in [-0.39, 0.29) is 11.6 Å². The lowest BCUT2D eigenvalue weighted by Crippen LogP contribution is -2.35. The number of hydrogen-bond acceptors (Lipinski definition) is 3. The Morgan fingerprint density at radius 2 is 2.06 bits per heavy atom. The van der Waals surface area contributed by atoms with Crippen LogP contribution in [0.2, 0.25) is 5.02 Å². The lowest BCUT2D eigenvalue weighted by molar-refractivity contribution is 0.340. The van der Waals surface area contributed by atoms with Gasteiger partial charge in [0.05, 0.1) is 11.6 Å². The number of hydrogen-bond donors (Lipinski definition) is 2. The predicted molar refractivity (Wildman–Crippen MR) is 72.4 cm³/mol. The standard InChI is InChI=1S/C13H21ClN2O/c1-4-17-12-6-5-9(7-10(12)14)11(15)8-13(2,3)16/h5-7,11H,4,8,15-16H2,1-3H3. The van der Waals surface area contributed by atoms with Crippen LogP contribution in [0.4, 0.5) is 0 Å². The number of ether oxygens (including phenoxy) is 1. The van der Waals surface area contributed by atoms with Crippen molar-refractivity contribution >= 4 is 11.6 Å². The van der Waals surface area contributed by atoms with Gasteiger partial charge in [0.15, 0.2) is 0 Å². The van der Waals surface area contributed by atoms with Crippen LogP contribution in [0.25, 0.3) is 0 Å². The van der Waals surface area contributed by atoms with Gasteiger partial charge in [-0.2, -0.15) is 0 Å². The van der Waals surface area contributed by atoms with Crippen LogP contribution in [0.3, 0.4) is 0 Å². The molecule has 0 aliphatic carbocycles. The van der Waals surface area contributed by atoms with Crippen LogP contribution in [0.1, 0.15) is 38.8 Å². The Hall–Kier alpha value is -0.770. The molecule has 1 unspecified atom stereocenters. The molecule has 0 aliphatic rings. The lowest BCUT2D eigenvalue weighted by atomic mass is 9.92. The Morgan fingerprint density at radius 1 is 1.41 bits per heavy atom. The van der Waals surface area contributed by atoms with E-state index >= 15 is 0 Å². The number of benzene rings is 1. The maximum Gasteiger partial charge on any atom is 0.137 e. The van der Waals surface area contributed by atoms with Gasteiger partial charge >= 0.3 is 0 Å². The molecule has 0 radical (unpaired) electrons. The minimum absolute atomic E-state index is 0.108. The van der Waals surface area contributed by atoms with Gasteiger partial charge in [-0.3, -0.25) is 0 Å². The molecule has 3 nitrogen and oxygen atoms in total. The van der Waals surface area contributed by atoms with Crippen molar-refractivity contribution in [1.29, 1.82) is 0 Å². The Morgan fingerprint density at radius 3 is 2.53 bits per heavy atom. The van der Waals surface area contributed by atoms with E-state index < -0.39 is 0 Å². The highest BCUT2D eigenvalue weighted by atomic mass is 35.5. The van der Waals surface area contributed by atoms with Crippen LogP contribution in [0.5, 0.6) is 5.75 Å². The molecule has 0 fully saturated rings. The predicted octanol–water partition coefficient (Wildman–Crippen LogP) is 2.87. The molecule has 4 heteroatoms. The second kappa shape index (κ2) is 5.71. The molecule has 1 rings (SSSR count). The van der Waals surface area contributed by atoms with Gasteiger partial charge in [-0.1, -0.05) is 17.7 Å². The van der Waals surface area contributed by atoms with Gasteiger partial charge in [-0.15, -0.1) is 0 Å². The van der Waals surface area contributed by atoms with Crippen LogP contribution >= 0.6 is 11.6 Å². The minimum atomic E-state index is -0.287. The maximum atomic E-state index is 6.11. The van der Waals surface area contributed by atoms with Crippen LogP contribution < -0.4 is 16.2 Å². The minimum Gasteiger partial charge on any atom is -0.492 e. The largest absolute Gasteiger partial charge is 0.492 e. The fourth-order valence-corrected chi connectivity index (χ4v) is 1.95. The van der Waals surface area contributed by atoms with Crippen molar-refractivity contribution in [3.63, 3.8) is 0 Å². The zero-order valence-corrected chi connectivity index (χ0v) is 11.4. The number of halogens is 1. The van der Waals surface area contributed by atoms with E-state index in [4.69, 9.17) is 27.8 Å². The average Bonchev–Trinajstić information content (AvgIpc) is 2.18. The van der Waals surface area contributed by atoms with E-state index in [1.807, 2.05) is 39.0 Å². The first-order valence-corrected chi connectivity index (χ1v) is 6.18. The van der Waals surface area contributed by atoms with Gasteiger partial charge < -0.3 is 16.2 Å². The van der Waals surface area contributed by atoms with E-state index in [2.05, 4.69) is 0 Å². The summed E-state index contributed by atoms with van der Waals surface area (Å²) in [4.78, 5) is 0. The second-order valence-electron chi connectivity index (χ2n) is 4.92. The summed E-state index contributed by atoms with van der Waals surface area (Å²) in [7, 11) is 0. The average molecular weight is 257 g/mol. The van der Waals surface area contributed by atoms with Gasteiger partial charge in [0.2, 0.25) is 0 Å². The van der Waals surface area contributed by atoms with Crippen LogP contribution in [0.15, 0.2) is 18.2 Å². The first-order chi connectivity index (χ1) is 7.83. The summed E-state index contributed by atoms with van der Waals surface area (Å²) in [6.07, 6.45) is 0.706. The summed E-state index contributed by atoms with van der Waals surface area (Å²) in [6, 6.07) is 5.53. The Balaban J connectivity index is 2.82. The second-order valence-corrected chi connectivity index (χ2v) is 5.33. The van der Waals surface area contributed by atoms with Crippen LogP contribution in [0, 0.1) is 0 Å². The molecule has 96 valence electrons. The normalized spacial score (nSPS) is 13.5. The summed E-state index contributed by atoms with van der Waals surface area (Å²) >= 11 is 6.11. The monoisotopic (exact) mass is 256 g/mol. The molecule has 1 atom stereocenters. The lowest BCUT2D eigenvalue weighted by Gasteiger charge is -2.23. The van der Waals surface area contributed by atoms with Crippen molar-refractivity contribution in [3.05, 3.63) is 28.8 Å². The molecular weight excluding hydrogens is 236 g/mol. The van der Waals surface area contributed by atoms with Crippen molar-refractivity contribution < 1.29 is 4.74 Å². The first-order valence-electron chi connectivity index (χ1n) is 5.80. The fourth-order valence-electron chi connectivity index (χ4n) is 1.70. The fraction of sp³-hybridized carbons (Fsp3) is 0.538. The molecule has 0 heterocycles. The smallest absolute Gasteiger partial charge is 0.137 e. The molecule has 1 aromatic rings. The van der Waals surface area contributed by atoms with Gasteiger partial charge in [-0.05, 0) is 44.9 Å². The highest BCUT2D eigenvalue weighted by molar-refractivity contribution is 6.32. The molecule has 4 N–H and O–H groups in total. The third-order valence-electron chi connectivity index (χ3n) is 2.43. The summed E-state index contributed by atoms with van der Waals surface area (Å²) in [6.45, 7) is 6.44. The van der Waals surface area contributed by atoms with Crippen molar-refractivity contribution in [2.75, 3.05) is 6.61 Å². The Labute approximate surface area is 108 Å². The Kier molecular flexibility index (Phi) is 4.80. The molecule has 0 aromatic heterocycles. The molecule has 0 spiro atoms. The SMILES string of the molecule is CCOc1ccc(C(N)CC(C)(C)N)cc1Cl. The Bertz CT molecular complexity index is 374. The van der Waals surface area contributed by atoms with E-state index in [1.54, 1.807) is 0 Å². The van der Waals surface area contributed by atoms with Crippen molar-refractivity contribution in [3.8, 4) is 5.75 Å².